The highest BCUT2D eigenvalue weighted by atomic mass is 16.5. The Labute approximate surface area is 120 Å². The quantitative estimate of drug-likeness (QED) is 0.556. The average Bonchev–Trinajstić information content (AvgIpc) is 2.42. The molecule has 4 heteroatoms. The highest BCUT2D eigenvalue weighted by molar-refractivity contribution is 5.85. The largest absolute Gasteiger partial charge is 0.491 e. The molecule has 110 valence electrons. The second-order valence-corrected chi connectivity index (χ2v) is 4.56. The molecule has 20 heavy (non-hydrogen) atoms. The van der Waals surface area contributed by atoms with Crippen LogP contribution in [0.15, 0.2) is 30.3 Å². The van der Waals surface area contributed by atoms with E-state index >= 15 is 0 Å². The molecule has 1 aromatic carbocycles. The standard InChI is InChI=1S/C16H22O4/c1-3-5-13(2)19-10-11-20-15-7-4-6-14(12-15)8-9-16(17)18/h4,6-9,12-13H,3,5,10-11H2,1-2H3,(H,17,18)/b9-8+. The molecule has 1 unspecified atom stereocenters. The van der Waals surface area contributed by atoms with E-state index in [1.165, 1.54) is 6.08 Å². The number of carbonyl (C=O) groups is 1. The molecule has 1 N–H and O–H groups in total. The zero-order valence-corrected chi connectivity index (χ0v) is 12.0. The summed E-state index contributed by atoms with van der Waals surface area (Å²) in [5.41, 5.74) is 0.796. The minimum atomic E-state index is -0.963. The number of ether oxygens (including phenoxy) is 2. The van der Waals surface area contributed by atoms with Crippen LogP contribution in [0.2, 0.25) is 0 Å². The number of benzene rings is 1. The van der Waals surface area contributed by atoms with E-state index in [0.29, 0.717) is 19.0 Å². The van der Waals surface area contributed by atoms with Gasteiger partial charge in [-0.3, -0.25) is 0 Å². The first-order valence-electron chi connectivity index (χ1n) is 6.87. The smallest absolute Gasteiger partial charge is 0.328 e. The van der Waals surface area contributed by atoms with Gasteiger partial charge in [-0.05, 0) is 37.1 Å². The number of carboxylic acids is 1. The molecule has 4 nitrogen and oxygen atoms in total. The zero-order valence-electron chi connectivity index (χ0n) is 12.0. The van der Waals surface area contributed by atoms with E-state index in [9.17, 15) is 4.79 Å². The van der Waals surface area contributed by atoms with Crippen molar-refractivity contribution < 1.29 is 19.4 Å². The first kappa shape index (κ1) is 16.2. The molecule has 1 rings (SSSR count). The van der Waals surface area contributed by atoms with Gasteiger partial charge in [-0.15, -0.1) is 0 Å². The summed E-state index contributed by atoms with van der Waals surface area (Å²) in [6, 6.07) is 7.30. The molecule has 0 saturated carbocycles. The Kier molecular flexibility index (Phi) is 7.43. The average molecular weight is 278 g/mol. The van der Waals surface area contributed by atoms with Gasteiger partial charge in [0.15, 0.2) is 0 Å². The summed E-state index contributed by atoms with van der Waals surface area (Å²) in [6.07, 6.45) is 5.06. The second kappa shape index (κ2) is 9.15. The van der Waals surface area contributed by atoms with Crippen molar-refractivity contribution in [3.8, 4) is 5.75 Å². The summed E-state index contributed by atoms with van der Waals surface area (Å²) >= 11 is 0. The van der Waals surface area contributed by atoms with Crippen molar-refractivity contribution in [3.63, 3.8) is 0 Å². The minimum absolute atomic E-state index is 0.258. The van der Waals surface area contributed by atoms with Crippen LogP contribution in [-0.2, 0) is 9.53 Å². The van der Waals surface area contributed by atoms with Crippen molar-refractivity contribution in [1.29, 1.82) is 0 Å². The maximum Gasteiger partial charge on any atom is 0.328 e. The van der Waals surface area contributed by atoms with Crippen LogP contribution in [0.4, 0.5) is 0 Å². The van der Waals surface area contributed by atoms with Gasteiger partial charge in [0.05, 0.1) is 12.7 Å². The van der Waals surface area contributed by atoms with Gasteiger partial charge in [0.1, 0.15) is 12.4 Å². The molecule has 0 aromatic heterocycles. The summed E-state index contributed by atoms with van der Waals surface area (Å²) < 4.78 is 11.2. The van der Waals surface area contributed by atoms with Crippen LogP contribution in [0.25, 0.3) is 6.08 Å². The highest BCUT2D eigenvalue weighted by Gasteiger charge is 2.00. The number of hydrogen-bond acceptors (Lipinski definition) is 3. The number of hydrogen-bond donors (Lipinski definition) is 1. The van der Waals surface area contributed by atoms with Crippen LogP contribution in [0, 0.1) is 0 Å². The maximum absolute atomic E-state index is 10.5. The lowest BCUT2D eigenvalue weighted by Gasteiger charge is -2.12. The van der Waals surface area contributed by atoms with Gasteiger partial charge in [0, 0.05) is 6.08 Å². The van der Waals surface area contributed by atoms with Crippen molar-refractivity contribution in [2.75, 3.05) is 13.2 Å². The molecule has 0 radical (unpaired) electrons. The van der Waals surface area contributed by atoms with E-state index in [0.717, 1.165) is 24.5 Å². The van der Waals surface area contributed by atoms with Crippen molar-refractivity contribution in [2.24, 2.45) is 0 Å². The predicted octanol–water partition coefficient (Wildman–Crippen LogP) is 3.37. The maximum atomic E-state index is 10.5. The van der Waals surface area contributed by atoms with Gasteiger partial charge in [0.25, 0.3) is 0 Å². The van der Waals surface area contributed by atoms with Crippen molar-refractivity contribution in [2.45, 2.75) is 32.8 Å². The Bertz CT molecular complexity index is 440. The van der Waals surface area contributed by atoms with Crippen LogP contribution >= 0.6 is 0 Å². The van der Waals surface area contributed by atoms with E-state index in [4.69, 9.17) is 14.6 Å². The third-order valence-corrected chi connectivity index (χ3v) is 2.73. The van der Waals surface area contributed by atoms with E-state index < -0.39 is 5.97 Å². The zero-order chi connectivity index (χ0) is 14.8. The lowest BCUT2D eigenvalue weighted by molar-refractivity contribution is -0.131. The fourth-order valence-corrected chi connectivity index (χ4v) is 1.77. The number of aliphatic carboxylic acids is 1. The molecule has 0 fully saturated rings. The normalized spacial score (nSPS) is 12.5. The Morgan fingerprint density at radius 3 is 2.90 bits per heavy atom. The third kappa shape index (κ3) is 6.95. The summed E-state index contributed by atoms with van der Waals surface area (Å²) in [4.78, 5) is 10.5. The Morgan fingerprint density at radius 2 is 2.20 bits per heavy atom. The molecule has 1 atom stereocenters. The van der Waals surface area contributed by atoms with E-state index in [1.54, 1.807) is 6.07 Å². The fourth-order valence-electron chi connectivity index (χ4n) is 1.77. The second-order valence-electron chi connectivity index (χ2n) is 4.56. The lowest BCUT2D eigenvalue weighted by Crippen LogP contribution is -2.13. The summed E-state index contributed by atoms with van der Waals surface area (Å²) in [6.45, 7) is 5.23. The van der Waals surface area contributed by atoms with Crippen LogP contribution in [0.3, 0.4) is 0 Å². The van der Waals surface area contributed by atoms with Crippen LogP contribution in [0.1, 0.15) is 32.3 Å². The molecule has 1 aromatic rings. The van der Waals surface area contributed by atoms with Gasteiger partial charge in [-0.2, -0.15) is 0 Å². The molecule has 0 bridgehead atoms. The summed E-state index contributed by atoms with van der Waals surface area (Å²) in [5.74, 6) is -0.251. The first-order valence-corrected chi connectivity index (χ1v) is 6.87. The monoisotopic (exact) mass is 278 g/mol. The SMILES string of the molecule is CCCC(C)OCCOc1cccc(/C=C/C(=O)O)c1. The third-order valence-electron chi connectivity index (χ3n) is 2.73. The molecule has 0 aliphatic rings. The minimum Gasteiger partial charge on any atom is -0.491 e. The molecule has 0 spiro atoms. The van der Waals surface area contributed by atoms with Crippen LogP contribution in [-0.4, -0.2) is 30.4 Å². The lowest BCUT2D eigenvalue weighted by atomic mass is 10.2. The summed E-state index contributed by atoms with van der Waals surface area (Å²) in [5, 5.41) is 8.58. The van der Waals surface area contributed by atoms with Crippen LogP contribution in [0.5, 0.6) is 5.75 Å². The van der Waals surface area contributed by atoms with Gasteiger partial charge in [0.2, 0.25) is 0 Å². The van der Waals surface area contributed by atoms with Gasteiger partial charge >= 0.3 is 5.97 Å². The van der Waals surface area contributed by atoms with E-state index in [-0.39, 0.29) is 6.10 Å². The molecule has 0 aliphatic carbocycles. The first-order chi connectivity index (χ1) is 9.61. The highest BCUT2D eigenvalue weighted by Crippen LogP contribution is 2.14. The Balaban J connectivity index is 2.37. The van der Waals surface area contributed by atoms with Crippen molar-refractivity contribution >= 4 is 12.0 Å². The Hall–Kier alpha value is -1.81. The topological polar surface area (TPSA) is 55.8 Å². The van der Waals surface area contributed by atoms with Crippen molar-refractivity contribution in [3.05, 3.63) is 35.9 Å². The molecular weight excluding hydrogens is 256 g/mol. The van der Waals surface area contributed by atoms with Crippen LogP contribution < -0.4 is 4.74 Å². The van der Waals surface area contributed by atoms with Gasteiger partial charge in [-0.25, -0.2) is 4.79 Å². The van der Waals surface area contributed by atoms with E-state index in [1.807, 2.05) is 18.2 Å². The number of carboxylic acid groups (broad SMARTS) is 1. The van der Waals surface area contributed by atoms with Gasteiger partial charge in [-0.1, -0.05) is 25.5 Å². The molecule has 0 saturated heterocycles. The Morgan fingerprint density at radius 1 is 1.40 bits per heavy atom. The van der Waals surface area contributed by atoms with Crippen molar-refractivity contribution in [1.82, 2.24) is 0 Å². The fraction of sp³-hybridized carbons (Fsp3) is 0.438. The molecule has 0 aliphatic heterocycles. The van der Waals surface area contributed by atoms with Gasteiger partial charge < -0.3 is 14.6 Å². The molecule has 0 amide bonds. The van der Waals surface area contributed by atoms with E-state index in [2.05, 4.69) is 13.8 Å². The number of rotatable bonds is 9. The summed E-state index contributed by atoms with van der Waals surface area (Å²) in [7, 11) is 0. The molecular formula is C16H22O4. The molecule has 0 heterocycles. The predicted molar refractivity (Wildman–Crippen MR) is 78.9 cm³/mol.